The number of carbonyl (C=O) groups is 2. The van der Waals surface area contributed by atoms with Gasteiger partial charge < -0.3 is 28.4 Å². The minimum absolute atomic E-state index is 0.322. The lowest BCUT2D eigenvalue weighted by Gasteiger charge is -2.15. The van der Waals surface area contributed by atoms with Crippen LogP contribution in [0, 0.1) is 23.7 Å². The van der Waals surface area contributed by atoms with Crippen LogP contribution in [0.25, 0.3) is 0 Å². The molecule has 2 unspecified atom stereocenters. The summed E-state index contributed by atoms with van der Waals surface area (Å²) in [5.41, 5.74) is 3.64. The van der Waals surface area contributed by atoms with Crippen molar-refractivity contribution in [2.75, 3.05) is 39.6 Å². The Balaban J connectivity index is 1.40. The molecule has 0 N–H and O–H groups in total. The molecule has 0 bridgehead atoms. The summed E-state index contributed by atoms with van der Waals surface area (Å²) in [4.78, 5) is 24.2. The molecule has 0 radical (unpaired) electrons. The minimum atomic E-state index is -0.618. The van der Waals surface area contributed by atoms with Crippen LogP contribution in [0.15, 0.2) is 97.1 Å². The zero-order chi connectivity index (χ0) is 35.8. The predicted octanol–water partition coefficient (Wildman–Crippen LogP) is 6.68. The van der Waals surface area contributed by atoms with Crippen molar-refractivity contribution in [3.63, 3.8) is 0 Å². The first kappa shape index (κ1) is 39.2. The molecule has 2 atom stereocenters. The van der Waals surface area contributed by atoms with Crippen molar-refractivity contribution in [2.45, 2.75) is 52.7 Å². The summed E-state index contributed by atoms with van der Waals surface area (Å²) in [6.07, 6.45) is 6.86. The van der Waals surface area contributed by atoms with Crippen molar-refractivity contribution in [3.8, 4) is 35.2 Å². The number of hydrogen-bond acceptors (Lipinski definition) is 8. The molecule has 0 fully saturated rings. The summed E-state index contributed by atoms with van der Waals surface area (Å²) in [5.74, 6) is 13.0. The highest BCUT2D eigenvalue weighted by Crippen LogP contribution is 2.16. The molecule has 0 aliphatic rings. The van der Waals surface area contributed by atoms with E-state index in [1.807, 2.05) is 98.8 Å². The van der Waals surface area contributed by atoms with E-state index in [1.165, 1.54) is 0 Å². The molecular weight excluding hydrogens is 632 g/mol. The van der Waals surface area contributed by atoms with E-state index in [-0.39, 0.29) is 11.9 Å². The second kappa shape index (κ2) is 23.1. The van der Waals surface area contributed by atoms with E-state index in [0.717, 1.165) is 33.8 Å². The van der Waals surface area contributed by atoms with E-state index >= 15 is 0 Å². The third-order valence-electron chi connectivity index (χ3n) is 6.91. The number of carbonyl (C=O) groups excluding carboxylic acids is 2. The van der Waals surface area contributed by atoms with Gasteiger partial charge in [-0.15, -0.1) is 0 Å². The molecule has 8 nitrogen and oxygen atoms in total. The number of ether oxygens (including phenoxy) is 6. The molecule has 0 saturated heterocycles. The fraction of sp³-hybridized carbons (Fsp3) is 0.333. The van der Waals surface area contributed by atoms with Gasteiger partial charge in [-0.25, -0.2) is 9.59 Å². The van der Waals surface area contributed by atoms with Gasteiger partial charge in [-0.3, -0.25) is 0 Å². The highest BCUT2D eigenvalue weighted by Gasteiger charge is 2.21. The second-order valence-corrected chi connectivity index (χ2v) is 10.6. The molecule has 262 valence electrons. The lowest BCUT2D eigenvalue weighted by Crippen LogP contribution is -2.28. The highest BCUT2D eigenvalue weighted by molar-refractivity contribution is 5.75. The van der Waals surface area contributed by atoms with Gasteiger partial charge in [-0.2, -0.15) is 0 Å². The predicted molar refractivity (Wildman–Crippen MR) is 194 cm³/mol. The summed E-state index contributed by atoms with van der Waals surface area (Å²) in [7, 11) is 0. The van der Waals surface area contributed by atoms with Crippen LogP contribution in [0.2, 0.25) is 0 Å². The summed E-state index contributed by atoms with van der Waals surface area (Å²) < 4.78 is 32.8. The van der Waals surface area contributed by atoms with Crippen LogP contribution >= 0.6 is 0 Å². The molecule has 50 heavy (non-hydrogen) atoms. The van der Waals surface area contributed by atoms with E-state index < -0.39 is 12.2 Å². The average Bonchev–Trinajstić information content (AvgIpc) is 3.12. The van der Waals surface area contributed by atoms with Crippen LogP contribution in [-0.4, -0.2) is 63.8 Å². The summed E-state index contributed by atoms with van der Waals surface area (Å²) in [5, 5.41) is 0. The molecule has 3 aromatic carbocycles. The van der Waals surface area contributed by atoms with Crippen molar-refractivity contribution in [3.05, 3.63) is 119 Å². The maximum absolute atomic E-state index is 12.1. The van der Waals surface area contributed by atoms with Gasteiger partial charge in [0.15, 0.2) is 12.2 Å². The quantitative estimate of drug-likeness (QED) is 0.109. The highest BCUT2D eigenvalue weighted by atomic mass is 16.6. The van der Waals surface area contributed by atoms with Crippen molar-refractivity contribution in [2.24, 2.45) is 0 Å². The van der Waals surface area contributed by atoms with Gasteiger partial charge in [0, 0.05) is 37.2 Å². The number of hydrogen-bond donors (Lipinski definition) is 0. The number of allylic oxidation sites excluding steroid dienone is 2. The smallest absolute Gasteiger partial charge is 0.335 e. The zero-order valence-corrected chi connectivity index (χ0v) is 29.3. The minimum Gasteiger partial charge on any atom is -0.490 e. The molecule has 0 saturated carbocycles. The summed E-state index contributed by atoms with van der Waals surface area (Å²) >= 11 is 0. The Morgan fingerprint density at radius 2 is 1.02 bits per heavy atom. The van der Waals surface area contributed by atoms with E-state index in [2.05, 4.69) is 23.7 Å². The van der Waals surface area contributed by atoms with Crippen molar-refractivity contribution >= 4 is 11.9 Å². The number of rotatable bonds is 18. The van der Waals surface area contributed by atoms with Gasteiger partial charge in [0.25, 0.3) is 0 Å². The monoisotopic (exact) mass is 678 g/mol. The number of esters is 2. The Morgan fingerprint density at radius 3 is 1.40 bits per heavy atom. The lowest BCUT2D eigenvalue weighted by molar-refractivity contribution is -0.157. The van der Waals surface area contributed by atoms with Gasteiger partial charge in [-0.05, 0) is 106 Å². The fourth-order valence-electron chi connectivity index (χ4n) is 4.59. The van der Waals surface area contributed by atoms with Gasteiger partial charge in [0.1, 0.15) is 24.7 Å². The standard InChI is InChI=1S/C42H46O8/c1-5-45-39(41(43)47-7-3)31-35-20-24-37(25-21-35)49-28-13-9-11-16-33-18-15-19-34(30-33)17-12-10-14-29-50-38-26-22-36(23-27-38)32-40(46-6-2)42(44)48-8-4/h9-10,13-15,18-27,30,39-40H,5-8,28-29,31-32H2,1-4H3/b13-9+,14-10+. The SMILES string of the molecule is CCOC(=O)C(Cc1ccc(OC/C=C/C#Cc2cccc(C#C/C=C/COc3ccc(CC(OCC)C(=O)OCC)cc3)c2)cc1)OCC. The summed E-state index contributed by atoms with van der Waals surface area (Å²) in [6, 6.07) is 22.9. The van der Waals surface area contributed by atoms with Gasteiger partial charge in [0.05, 0.1) is 13.2 Å². The third-order valence-corrected chi connectivity index (χ3v) is 6.91. The van der Waals surface area contributed by atoms with Crippen LogP contribution < -0.4 is 9.47 Å². The van der Waals surface area contributed by atoms with E-state index in [9.17, 15) is 9.59 Å². The zero-order valence-electron chi connectivity index (χ0n) is 29.3. The van der Waals surface area contributed by atoms with E-state index in [1.54, 1.807) is 26.0 Å². The average molecular weight is 679 g/mol. The van der Waals surface area contributed by atoms with Crippen LogP contribution in [0.1, 0.15) is 49.9 Å². The Hall–Kier alpha value is -5.28. The lowest BCUT2D eigenvalue weighted by atomic mass is 10.1. The molecule has 0 heterocycles. The Bertz CT molecular complexity index is 1530. The number of benzene rings is 3. The summed E-state index contributed by atoms with van der Waals surface area (Å²) in [6.45, 7) is 9.53. The molecule has 3 aromatic rings. The first-order valence-electron chi connectivity index (χ1n) is 16.9. The molecule has 8 heteroatoms. The van der Waals surface area contributed by atoms with Crippen LogP contribution in [0.5, 0.6) is 11.5 Å². The first-order valence-corrected chi connectivity index (χ1v) is 16.9. The normalized spacial score (nSPS) is 11.9. The van der Waals surface area contributed by atoms with E-state index in [4.69, 9.17) is 28.4 Å². The van der Waals surface area contributed by atoms with Crippen LogP contribution in [0.4, 0.5) is 0 Å². The van der Waals surface area contributed by atoms with Gasteiger partial charge >= 0.3 is 11.9 Å². The van der Waals surface area contributed by atoms with Crippen LogP contribution in [0.3, 0.4) is 0 Å². The second-order valence-electron chi connectivity index (χ2n) is 10.6. The van der Waals surface area contributed by atoms with Gasteiger partial charge in [-0.1, -0.05) is 54.0 Å². The largest absolute Gasteiger partial charge is 0.490 e. The maximum Gasteiger partial charge on any atom is 0.335 e. The molecule has 0 spiro atoms. The molecule has 0 aliphatic carbocycles. The Morgan fingerprint density at radius 1 is 0.600 bits per heavy atom. The topological polar surface area (TPSA) is 89.5 Å². The maximum atomic E-state index is 12.1. The molecule has 3 rings (SSSR count). The van der Waals surface area contributed by atoms with Crippen molar-refractivity contribution in [1.29, 1.82) is 0 Å². The molecule has 0 aliphatic heterocycles. The first-order chi connectivity index (χ1) is 24.4. The Kier molecular flexibility index (Phi) is 18.1. The third kappa shape index (κ3) is 14.9. The van der Waals surface area contributed by atoms with Gasteiger partial charge in [0.2, 0.25) is 0 Å². The van der Waals surface area contributed by atoms with Crippen molar-refractivity contribution in [1.82, 2.24) is 0 Å². The fourth-order valence-corrected chi connectivity index (χ4v) is 4.59. The van der Waals surface area contributed by atoms with Crippen molar-refractivity contribution < 1.29 is 38.0 Å². The molecule has 0 aromatic heterocycles. The Labute approximate surface area is 296 Å². The van der Waals surface area contributed by atoms with Crippen LogP contribution in [-0.2, 0) is 41.4 Å². The van der Waals surface area contributed by atoms with E-state index in [0.29, 0.717) is 52.5 Å². The molecular formula is C42H46O8. The molecule has 0 amide bonds.